The van der Waals surface area contributed by atoms with Gasteiger partial charge in [-0.1, -0.05) is 33.1 Å². The number of amides is 1. The standard InChI is InChI=1S/C18H31NO6/c1-14(2)16(22)24-10-6-7-11-25-17(23)19-13-18(12-15(20)21)8-4-3-5-9-18/h14H,3-13H2,1-2H3,(H,19,23)(H,20,21). The zero-order valence-corrected chi connectivity index (χ0v) is 15.3. The molecule has 0 aromatic heterocycles. The quantitative estimate of drug-likeness (QED) is 0.460. The molecule has 1 saturated carbocycles. The third kappa shape index (κ3) is 8.74. The molecule has 1 amide bonds. The molecule has 1 rings (SSSR count). The van der Waals surface area contributed by atoms with Gasteiger partial charge < -0.3 is 19.9 Å². The molecule has 2 N–H and O–H groups in total. The van der Waals surface area contributed by atoms with Crippen LogP contribution in [0, 0.1) is 11.3 Å². The Labute approximate surface area is 149 Å². The van der Waals surface area contributed by atoms with Gasteiger partial charge in [0.2, 0.25) is 0 Å². The van der Waals surface area contributed by atoms with E-state index in [1.165, 1.54) is 0 Å². The Balaban J connectivity index is 2.18. The molecule has 0 atom stereocenters. The monoisotopic (exact) mass is 357 g/mol. The van der Waals surface area contributed by atoms with E-state index in [0.29, 0.717) is 26.0 Å². The van der Waals surface area contributed by atoms with E-state index in [2.05, 4.69) is 5.32 Å². The lowest BCUT2D eigenvalue weighted by molar-refractivity contribution is -0.147. The Hall–Kier alpha value is -1.79. The maximum atomic E-state index is 11.8. The minimum Gasteiger partial charge on any atom is -0.481 e. The van der Waals surface area contributed by atoms with Gasteiger partial charge in [0.25, 0.3) is 0 Å². The van der Waals surface area contributed by atoms with E-state index >= 15 is 0 Å². The van der Waals surface area contributed by atoms with Gasteiger partial charge in [0.1, 0.15) is 0 Å². The first-order chi connectivity index (χ1) is 11.8. The molecule has 0 aromatic rings. The molecule has 144 valence electrons. The molecule has 7 nitrogen and oxygen atoms in total. The van der Waals surface area contributed by atoms with E-state index in [0.717, 1.165) is 32.1 Å². The van der Waals surface area contributed by atoms with Crippen LogP contribution in [0.4, 0.5) is 4.79 Å². The number of nitrogens with one attached hydrogen (secondary N) is 1. The van der Waals surface area contributed by atoms with E-state index < -0.39 is 12.1 Å². The van der Waals surface area contributed by atoms with Crippen LogP contribution in [0.2, 0.25) is 0 Å². The number of ether oxygens (including phenoxy) is 2. The van der Waals surface area contributed by atoms with Crippen molar-refractivity contribution in [3.63, 3.8) is 0 Å². The number of carboxylic acids is 1. The number of unbranched alkanes of at least 4 members (excludes halogenated alkanes) is 1. The summed E-state index contributed by atoms with van der Waals surface area (Å²) in [6.45, 7) is 4.46. The number of esters is 1. The highest BCUT2D eigenvalue weighted by atomic mass is 16.5. The van der Waals surface area contributed by atoms with E-state index in [4.69, 9.17) is 14.6 Å². The summed E-state index contributed by atoms with van der Waals surface area (Å²) in [6, 6.07) is 0. The minimum absolute atomic E-state index is 0.0779. The van der Waals surface area contributed by atoms with Crippen molar-refractivity contribution in [2.75, 3.05) is 19.8 Å². The molecule has 0 saturated heterocycles. The van der Waals surface area contributed by atoms with Gasteiger partial charge in [-0.05, 0) is 31.1 Å². The highest BCUT2D eigenvalue weighted by Crippen LogP contribution is 2.38. The van der Waals surface area contributed by atoms with Crippen LogP contribution in [0.25, 0.3) is 0 Å². The summed E-state index contributed by atoms with van der Waals surface area (Å²) in [5.74, 6) is -1.19. The molecule has 0 radical (unpaired) electrons. The SMILES string of the molecule is CC(C)C(=O)OCCCCOC(=O)NCC1(CC(=O)O)CCCCC1. The van der Waals surface area contributed by atoms with Gasteiger partial charge in [-0.15, -0.1) is 0 Å². The van der Waals surface area contributed by atoms with Crippen LogP contribution >= 0.6 is 0 Å². The maximum Gasteiger partial charge on any atom is 0.407 e. The first kappa shape index (κ1) is 21.3. The van der Waals surface area contributed by atoms with Crippen LogP contribution < -0.4 is 5.32 Å². The van der Waals surface area contributed by atoms with Gasteiger partial charge in [0.05, 0.1) is 25.6 Å². The Morgan fingerprint density at radius 1 is 1.04 bits per heavy atom. The number of carboxylic acid groups (broad SMARTS) is 1. The molecule has 1 fully saturated rings. The first-order valence-electron chi connectivity index (χ1n) is 9.14. The van der Waals surface area contributed by atoms with Crippen molar-refractivity contribution in [2.45, 2.75) is 65.2 Å². The summed E-state index contributed by atoms with van der Waals surface area (Å²) >= 11 is 0. The van der Waals surface area contributed by atoms with Crippen LogP contribution in [0.15, 0.2) is 0 Å². The van der Waals surface area contributed by atoms with Gasteiger partial charge >= 0.3 is 18.0 Å². The van der Waals surface area contributed by atoms with Crippen LogP contribution in [0.1, 0.15) is 65.2 Å². The summed E-state index contributed by atoms with van der Waals surface area (Å²) in [6.07, 6.45) is 5.56. The molecule has 0 aromatic carbocycles. The van der Waals surface area contributed by atoms with E-state index in [-0.39, 0.29) is 30.3 Å². The fourth-order valence-electron chi connectivity index (χ4n) is 3.06. The zero-order chi connectivity index (χ0) is 18.7. The second-order valence-electron chi connectivity index (χ2n) is 7.15. The third-order valence-electron chi connectivity index (χ3n) is 4.54. The molecule has 0 bridgehead atoms. The summed E-state index contributed by atoms with van der Waals surface area (Å²) < 4.78 is 10.1. The van der Waals surface area contributed by atoms with Crippen molar-refractivity contribution < 1.29 is 29.0 Å². The topological polar surface area (TPSA) is 102 Å². The number of alkyl carbamates (subject to hydrolysis) is 1. The molecular weight excluding hydrogens is 326 g/mol. The predicted octanol–water partition coefficient (Wildman–Crippen LogP) is 3.12. The third-order valence-corrected chi connectivity index (χ3v) is 4.54. The lowest BCUT2D eigenvalue weighted by Gasteiger charge is -2.36. The molecule has 0 heterocycles. The van der Waals surface area contributed by atoms with Crippen LogP contribution in [-0.2, 0) is 19.1 Å². The van der Waals surface area contributed by atoms with E-state index in [1.807, 2.05) is 0 Å². The second kappa shape index (κ2) is 10.9. The predicted molar refractivity (Wildman–Crippen MR) is 92.2 cm³/mol. The smallest absolute Gasteiger partial charge is 0.407 e. The molecule has 25 heavy (non-hydrogen) atoms. The molecule has 7 heteroatoms. The number of aliphatic carboxylic acids is 1. The van der Waals surface area contributed by atoms with E-state index in [9.17, 15) is 14.4 Å². The number of hydrogen-bond acceptors (Lipinski definition) is 5. The van der Waals surface area contributed by atoms with Gasteiger partial charge in [-0.25, -0.2) is 4.79 Å². The molecule has 1 aliphatic carbocycles. The lowest BCUT2D eigenvalue weighted by Crippen LogP contribution is -2.40. The Bertz CT molecular complexity index is 443. The molecular formula is C18H31NO6. The van der Waals surface area contributed by atoms with Crippen molar-refractivity contribution in [1.29, 1.82) is 0 Å². The van der Waals surface area contributed by atoms with Crippen molar-refractivity contribution >= 4 is 18.0 Å². The Morgan fingerprint density at radius 2 is 1.64 bits per heavy atom. The summed E-state index contributed by atoms with van der Waals surface area (Å²) in [4.78, 5) is 34.1. The average molecular weight is 357 g/mol. The summed E-state index contributed by atoms with van der Waals surface area (Å²) in [5.41, 5.74) is -0.353. The summed E-state index contributed by atoms with van der Waals surface area (Å²) in [7, 11) is 0. The normalized spacial score (nSPS) is 16.3. The van der Waals surface area contributed by atoms with Crippen molar-refractivity contribution in [3.8, 4) is 0 Å². The van der Waals surface area contributed by atoms with E-state index in [1.54, 1.807) is 13.8 Å². The minimum atomic E-state index is -0.826. The molecule has 0 aliphatic heterocycles. The molecule has 0 unspecified atom stereocenters. The summed E-state index contributed by atoms with van der Waals surface area (Å²) in [5, 5.41) is 11.8. The van der Waals surface area contributed by atoms with Crippen molar-refractivity contribution in [1.82, 2.24) is 5.32 Å². The number of rotatable bonds is 10. The maximum absolute atomic E-state index is 11.8. The number of carbonyl (C=O) groups is 3. The zero-order valence-electron chi connectivity index (χ0n) is 15.3. The molecule has 1 aliphatic rings. The Kier molecular flexibility index (Phi) is 9.31. The van der Waals surface area contributed by atoms with Crippen molar-refractivity contribution in [2.24, 2.45) is 11.3 Å². The highest BCUT2D eigenvalue weighted by molar-refractivity contribution is 5.71. The average Bonchev–Trinajstić information content (AvgIpc) is 2.56. The van der Waals surface area contributed by atoms with Crippen LogP contribution in [-0.4, -0.2) is 42.9 Å². The van der Waals surface area contributed by atoms with Gasteiger partial charge in [0, 0.05) is 6.54 Å². The van der Waals surface area contributed by atoms with Crippen LogP contribution in [0.5, 0.6) is 0 Å². The van der Waals surface area contributed by atoms with Gasteiger partial charge in [-0.3, -0.25) is 9.59 Å². The largest absolute Gasteiger partial charge is 0.481 e. The first-order valence-corrected chi connectivity index (χ1v) is 9.14. The number of carbonyl (C=O) groups excluding carboxylic acids is 2. The second-order valence-corrected chi connectivity index (χ2v) is 7.15. The van der Waals surface area contributed by atoms with Crippen LogP contribution in [0.3, 0.4) is 0 Å². The highest BCUT2D eigenvalue weighted by Gasteiger charge is 2.34. The van der Waals surface area contributed by atoms with Crippen molar-refractivity contribution in [3.05, 3.63) is 0 Å². The van der Waals surface area contributed by atoms with Gasteiger partial charge in [-0.2, -0.15) is 0 Å². The fraction of sp³-hybridized carbons (Fsp3) is 0.833. The fourth-order valence-corrected chi connectivity index (χ4v) is 3.06. The Morgan fingerprint density at radius 3 is 2.20 bits per heavy atom. The lowest BCUT2D eigenvalue weighted by atomic mass is 9.72. The molecule has 0 spiro atoms. The van der Waals surface area contributed by atoms with Gasteiger partial charge in [0.15, 0.2) is 0 Å². The number of hydrogen-bond donors (Lipinski definition) is 2.